The molecule has 0 amide bonds. The largest absolute Gasteiger partial charge is 0.461 e. The average molecular weight is 295 g/mol. The molecule has 1 atom stereocenters. The molecular formula is C11H16F3N3O3. The molecule has 0 saturated heterocycles. The van der Waals surface area contributed by atoms with E-state index in [0.717, 1.165) is 4.68 Å². The van der Waals surface area contributed by atoms with Crippen LogP contribution in [0.5, 0.6) is 0 Å². The van der Waals surface area contributed by atoms with E-state index in [0.29, 0.717) is 12.8 Å². The van der Waals surface area contributed by atoms with E-state index in [-0.39, 0.29) is 18.0 Å². The fourth-order valence-electron chi connectivity index (χ4n) is 1.59. The van der Waals surface area contributed by atoms with Crippen LogP contribution < -0.4 is 0 Å². The van der Waals surface area contributed by atoms with E-state index >= 15 is 0 Å². The smallest absolute Gasteiger partial charge is 0.416 e. The van der Waals surface area contributed by atoms with Gasteiger partial charge < -0.3 is 9.84 Å². The van der Waals surface area contributed by atoms with Crippen molar-refractivity contribution in [1.29, 1.82) is 0 Å². The third kappa shape index (κ3) is 3.92. The first-order valence-electron chi connectivity index (χ1n) is 6.15. The molecule has 1 unspecified atom stereocenters. The first-order valence-corrected chi connectivity index (χ1v) is 6.15. The second-order valence-corrected chi connectivity index (χ2v) is 4.09. The Morgan fingerprint density at radius 3 is 2.60 bits per heavy atom. The van der Waals surface area contributed by atoms with Crippen LogP contribution in [0.25, 0.3) is 0 Å². The number of carbonyl (C=O) groups excluding carboxylic acids is 1. The Morgan fingerprint density at radius 2 is 2.10 bits per heavy atom. The highest BCUT2D eigenvalue weighted by Crippen LogP contribution is 2.22. The molecule has 114 valence electrons. The fourth-order valence-corrected chi connectivity index (χ4v) is 1.59. The average Bonchev–Trinajstić information content (AvgIpc) is 2.72. The van der Waals surface area contributed by atoms with Crippen molar-refractivity contribution >= 4 is 5.97 Å². The highest BCUT2D eigenvalue weighted by Gasteiger charge is 2.39. The van der Waals surface area contributed by atoms with E-state index in [2.05, 4.69) is 10.3 Å². The molecule has 1 aromatic rings. The van der Waals surface area contributed by atoms with Gasteiger partial charge in [0.1, 0.15) is 0 Å². The van der Waals surface area contributed by atoms with Gasteiger partial charge in [-0.05, 0) is 13.3 Å². The summed E-state index contributed by atoms with van der Waals surface area (Å²) in [6.07, 6.45) is -6.41. The number of hydrogen-bond acceptors (Lipinski definition) is 5. The molecule has 0 aliphatic rings. The first kappa shape index (κ1) is 16.4. The number of halogens is 3. The number of hydrogen-bond donors (Lipinski definition) is 1. The van der Waals surface area contributed by atoms with Crippen LogP contribution in [0.15, 0.2) is 0 Å². The van der Waals surface area contributed by atoms with Gasteiger partial charge in [-0.1, -0.05) is 18.6 Å². The van der Waals surface area contributed by atoms with Gasteiger partial charge in [0.2, 0.25) is 0 Å². The third-order valence-corrected chi connectivity index (χ3v) is 2.52. The van der Waals surface area contributed by atoms with E-state index in [1.165, 1.54) is 0 Å². The minimum atomic E-state index is -4.75. The number of alkyl halides is 3. The molecule has 1 aromatic heterocycles. The van der Waals surface area contributed by atoms with E-state index in [4.69, 9.17) is 9.84 Å². The van der Waals surface area contributed by atoms with Crippen LogP contribution in [-0.2, 0) is 17.7 Å². The molecule has 0 fully saturated rings. The Hall–Kier alpha value is -1.64. The van der Waals surface area contributed by atoms with Crippen LogP contribution in [0, 0.1) is 0 Å². The zero-order chi connectivity index (χ0) is 15.3. The summed E-state index contributed by atoms with van der Waals surface area (Å²) in [6.45, 7) is 2.73. The second kappa shape index (κ2) is 6.69. The first-order chi connectivity index (χ1) is 9.31. The number of aromatic nitrogens is 3. The van der Waals surface area contributed by atoms with Crippen molar-refractivity contribution in [2.24, 2.45) is 0 Å². The van der Waals surface area contributed by atoms with Crippen LogP contribution in [0.3, 0.4) is 0 Å². The lowest BCUT2D eigenvalue weighted by Gasteiger charge is -2.15. The maximum absolute atomic E-state index is 12.3. The van der Waals surface area contributed by atoms with Crippen molar-refractivity contribution < 1.29 is 27.8 Å². The minimum Gasteiger partial charge on any atom is -0.461 e. The summed E-state index contributed by atoms with van der Waals surface area (Å²) in [4.78, 5) is 11.6. The number of aliphatic hydroxyl groups excluding tert-OH is 1. The molecule has 20 heavy (non-hydrogen) atoms. The van der Waals surface area contributed by atoms with Crippen LogP contribution in [0.1, 0.15) is 36.5 Å². The zero-order valence-corrected chi connectivity index (χ0v) is 11.1. The normalized spacial score (nSPS) is 13.3. The number of aliphatic hydroxyl groups is 1. The zero-order valence-electron chi connectivity index (χ0n) is 11.1. The van der Waals surface area contributed by atoms with Gasteiger partial charge in [-0.15, -0.1) is 5.10 Å². The second-order valence-electron chi connectivity index (χ2n) is 4.09. The lowest BCUT2D eigenvalue weighted by atomic mass is 10.2. The van der Waals surface area contributed by atoms with Gasteiger partial charge in [0, 0.05) is 0 Å². The van der Waals surface area contributed by atoms with Gasteiger partial charge in [-0.3, -0.25) is 0 Å². The van der Waals surface area contributed by atoms with Crippen molar-refractivity contribution in [2.45, 2.75) is 45.5 Å². The third-order valence-electron chi connectivity index (χ3n) is 2.52. The van der Waals surface area contributed by atoms with Crippen LogP contribution >= 0.6 is 0 Å². The molecule has 1 rings (SSSR count). The van der Waals surface area contributed by atoms with E-state index in [1.54, 1.807) is 13.8 Å². The predicted molar refractivity (Wildman–Crippen MR) is 62.0 cm³/mol. The SMILES string of the molecule is CCCc1c(C(=O)OCC)nnn1CC(O)C(F)(F)F. The van der Waals surface area contributed by atoms with E-state index in [9.17, 15) is 18.0 Å². The summed E-state index contributed by atoms with van der Waals surface area (Å²) in [5.74, 6) is -0.733. The maximum atomic E-state index is 12.3. The molecule has 6 nitrogen and oxygen atoms in total. The van der Waals surface area contributed by atoms with Crippen LogP contribution in [0.4, 0.5) is 13.2 Å². The summed E-state index contributed by atoms with van der Waals surface area (Å²) in [5, 5.41) is 16.1. The van der Waals surface area contributed by atoms with Gasteiger partial charge in [0.15, 0.2) is 11.8 Å². The van der Waals surface area contributed by atoms with Crippen molar-refractivity contribution in [3.63, 3.8) is 0 Å². The quantitative estimate of drug-likeness (QED) is 0.801. The number of esters is 1. The molecule has 0 spiro atoms. The highest BCUT2D eigenvalue weighted by atomic mass is 19.4. The van der Waals surface area contributed by atoms with Gasteiger partial charge in [-0.25, -0.2) is 9.48 Å². The molecule has 0 aromatic carbocycles. The van der Waals surface area contributed by atoms with Gasteiger partial charge >= 0.3 is 12.1 Å². The molecule has 9 heteroatoms. The fraction of sp³-hybridized carbons (Fsp3) is 0.727. The highest BCUT2D eigenvalue weighted by molar-refractivity contribution is 5.88. The van der Waals surface area contributed by atoms with Crippen LogP contribution in [0.2, 0.25) is 0 Å². The molecule has 0 radical (unpaired) electrons. The number of rotatable bonds is 6. The Kier molecular flexibility index (Phi) is 5.49. The van der Waals surface area contributed by atoms with Crippen molar-refractivity contribution in [1.82, 2.24) is 15.0 Å². The number of carbonyl (C=O) groups is 1. The Balaban J connectivity index is 3.00. The van der Waals surface area contributed by atoms with E-state index < -0.39 is 24.8 Å². The van der Waals surface area contributed by atoms with Gasteiger partial charge in [0.25, 0.3) is 0 Å². The van der Waals surface area contributed by atoms with Gasteiger partial charge in [-0.2, -0.15) is 13.2 Å². The Morgan fingerprint density at radius 1 is 1.45 bits per heavy atom. The minimum absolute atomic E-state index is 0.108. The summed E-state index contributed by atoms with van der Waals surface area (Å²) >= 11 is 0. The molecule has 1 heterocycles. The standard InChI is InChI=1S/C11H16F3N3O3/c1-3-5-7-9(10(19)20-4-2)15-16-17(7)6-8(18)11(12,13)14/h8,18H,3-6H2,1-2H3. The lowest BCUT2D eigenvalue weighted by Crippen LogP contribution is -2.33. The monoisotopic (exact) mass is 295 g/mol. The molecule has 0 bridgehead atoms. The molecule has 0 aliphatic heterocycles. The van der Waals surface area contributed by atoms with Gasteiger partial charge in [0.05, 0.1) is 18.8 Å². The summed E-state index contributed by atoms with van der Waals surface area (Å²) in [5.41, 5.74) is 0.123. The summed E-state index contributed by atoms with van der Waals surface area (Å²) in [7, 11) is 0. The molecule has 0 aliphatic carbocycles. The number of ether oxygens (including phenoxy) is 1. The van der Waals surface area contributed by atoms with Crippen molar-refractivity contribution in [3.8, 4) is 0 Å². The van der Waals surface area contributed by atoms with E-state index in [1.807, 2.05) is 0 Å². The summed E-state index contributed by atoms with van der Waals surface area (Å²) in [6, 6.07) is 0. The van der Waals surface area contributed by atoms with Crippen molar-refractivity contribution in [2.75, 3.05) is 6.61 Å². The topological polar surface area (TPSA) is 77.2 Å². The molecule has 1 N–H and O–H groups in total. The van der Waals surface area contributed by atoms with Crippen molar-refractivity contribution in [3.05, 3.63) is 11.4 Å². The van der Waals surface area contributed by atoms with Crippen LogP contribution in [-0.4, -0.2) is 45.0 Å². The lowest BCUT2D eigenvalue weighted by molar-refractivity contribution is -0.208. The number of nitrogens with zero attached hydrogens (tertiary/aromatic N) is 3. The Bertz CT molecular complexity index is 460. The maximum Gasteiger partial charge on any atom is 0.416 e. The predicted octanol–water partition coefficient (Wildman–Crippen LogP) is 1.33. The molecule has 0 saturated carbocycles. The summed E-state index contributed by atoms with van der Waals surface area (Å²) < 4.78 is 42.7. The molecular weight excluding hydrogens is 279 g/mol. The Labute approximate surface area is 113 Å².